The summed E-state index contributed by atoms with van der Waals surface area (Å²) in [6.07, 6.45) is 5.48. The Kier molecular flexibility index (Phi) is 3.94. The zero-order chi connectivity index (χ0) is 14.1. The number of benzene rings is 1. The molecular weight excluding hydrogens is 314 g/mol. The topological polar surface area (TPSA) is 43.8 Å². The second-order valence-electron chi connectivity index (χ2n) is 5.63. The molecule has 1 atom stereocenters. The van der Waals surface area contributed by atoms with Gasteiger partial charge in [0.2, 0.25) is 0 Å². The molecule has 3 nitrogen and oxygen atoms in total. The van der Waals surface area contributed by atoms with Gasteiger partial charge in [-0.15, -0.1) is 0 Å². The van der Waals surface area contributed by atoms with E-state index in [1.807, 2.05) is 6.20 Å². The van der Waals surface area contributed by atoms with Gasteiger partial charge in [-0.25, -0.2) is 4.68 Å². The largest absolute Gasteiger partial charge is 0.330 e. The van der Waals surface area contributed by atoms with E-state index in [2.05, 4.69) is 56.9 Å². The molecule has 4 heteroatoms. The summed E-state index contributed by atoms with van der Waals surface area (Å²) in [6.45, 7) is 2.96. The number of rotatable bonds is 5. The molecule has 1 heterocycles. The van der Waals surface area contributed by atoms with Crippen molar-refractivity contribution in [2.75, 3.05) is 6.54 Å². The van der Waals surface area contributed by atoms with Crippen molar-refractivity contribution in [3.8, 4) is 5.69 Å². The van der Waals surface area contributed by atoms with Gasteiger partial charge in [0.1, 0.15) is 0 Å². The van der Waals surface area contributed by atoms with E-state index < -0.39 is 0 Å². The molecule has 2 N–H and O–H groups in total. The quantitative estimate of drug-likeness (QED) is 0.899. The molecule has 0 spiro atoms. The Morgan fingerprint density at radius 3 is 2.65 bits per heavy atom. The Bertz CT molecular complexity index is 584. The van der Waals surface area contributed by atoms with Crippen molar-refractivity contribution >= 4 is 15.9 Å². The van der Waals surface area contributed by atoms with Crippen LogP contribution in [0.5, 0.6) is 0 Å². The van der Waals surface area contributed by atoms with E-state index in [1.165, 1.54) is 24.1 Å². The van der Waals surface area contributed by atoms with Gasteiger partial charge in [-0.1, -0.05) is 19.1 Å². The summed E-state index contributed by atoms with van der Waals surface area (Å²) in [6, 6.07) is 8.71. The molecule has 0 bridgehead atoms. The normalized spacial score (nSPS) is 16.4. The maximum atomic E-state index is 5.63. The minimum absolute atomic E-state index is 0.515. The Morgan fingerprint density at radius 2 is 2.05 bits per heavy atom. The van der Waals surface area contributed by atoms with Gasteiger partial charge in [0.25, 0.3) is 0 Å². The first kappa shape index (κ1) is 13.8. The second-order valence-corrected chi connectivity index (χ2v) is 6.49. The molecule has 1 aromatic heterocycles. The molecule has 3 rings (SSSR count). The smallest absolute Gasteiger partial charge is 0.0649 e. The minimum Gasteiger partial charge on any atom is -0.330 e. The summed E-state index contributed by atoms with van der Waals surface area (Å²) in [5.74, 6) is 1.18. The van der Waals surface area contributed by atoms with E-state index in [0.717, 1.165) is 23.1 Å². The lowest BCUT2D eigenvalue weighted by atomic mass is 9.98. The fourth-order valence-electron chi connectivity index (χ4n) is 2.63. The Hall–Kier alpha value is -1.13. The van der Waals surface area contributed by atoms with E-state index in [1.54, 1.807) is 0 Å². The van der Waals surface area contributed by atoms with Crippen LogP contribution in [0.25, 0.3) is 5.69 Å². The zero-order valence-corrected chi connectivity index (χ0v) is 13.3. The van der Waals surface area contributed by atoms with Gasteiger partial charge in [-0.05, 0) is 65.4 Å². The molecule has 0 radical (unpaired) electrons. The zero-order valence-electron chi connectivity index (χ0n) is 11.7. The molecular formula is C16H20BrN3. The van der Waals surface area contributed by atoms with Crippen molar-refractivity contribution in [1.29, 1.82) is 0 Å². The summed E-state index contributed by atoms with van der Waals surface area (Å²) in [7, 11) is 0. The van der Waals surface area contributed by atoms with Gasteiger partial charge >= 0.3 is 0 Å². The number of nitrogens with zero attached hydrogens (tertiary/aromatic N) is 2. The first-order valence-electron chi connectivity index (χ1n) is 7.24. The third-order valence-corrected chi connectivity index (χ3v) is 4.64. The Balaban J connectivity index is 1.88. The molecule has 1 fully saturated rings. The highest BCUT2D eigenvalue weighted by atomic mass is 79.9. The molecule has 1 saturated carbocycles. The van der Waals surface area contributed by atoms with Crippen LogP contribution in [0.15, 0.2) is 34.9 Å². The van der Waals surface area contributed by atoms with E-state index in [-0.39, 0.29) is 0 Å². The number of hydrogen-bond acceptors (Lipinski definition) is 2. The SMILES string of the molecule is CC(CCN)c1ccc(-n2ncc(Br)c2C2CC2)cc1. The van der Waals surface area contributed by atoms with Gasteiger partial charge in [-0.3, -0.25) is 0 Å². The van der Waals surface area contributed by atoms with E-state index >= 15 is 0 Å². The Labute approximate surface area is 128 Å². The molecule has 106 valence electrons. The van der Waals surface area contributed by atoms with Gasteiger partial charge in [0, 0.05) is 5.92 Å². The number of hydrogen-bond donors (Lipinski definition) is 1. The second kappa shape index (κ2) is 5.70. The Morgan fingerprint density at radius 1 is 1.35 bits per heavy atom. The number of aromatic nitrogens is 2. The molecule has 1 unspecified atom stereocenters. The van der Waals surface area contributed by atoms with Crippen LogP contribution < -0.4 is 5.73 Å². The number of halogens is 1. The van der Waals surface area contributed by atoms with Crippen LogP contribution >= 0.6 is 15.9 Å². The third kappa shape index (κ3) is 2.67. The lowest BCUT2D eigenvalue weighted by molar-refractivity contribution is 0.689. The predicted molar refractivity (Wildman–Crippen MR) is 85.3 cm³/mol. The fourth-order valence-corrected chi connectivity index (χ4v) is 3.21. The van der Waals surface area contributed by atoms with E-state index in [4.69, 9.17) is 5.73 Å². The molecule has 1 aliphatic rings. The van der Waals surface area contributed by atoms with Crippen molar-refractivity contribution in [3.05, 3.63) is 46.2 Å². The molecule has 0 saturated heterocycles. The number of nitrogens with two attached hydrogens (primary N) is 1. The van der Waals surface area contributed by atoms with Gasteiger partial charge in [0.15, 0.2) is 0 Å². The first-order valence-corrected chi connectivity index (χ1v) is 8.04. The first-order chi connectivity index (χ1) is 9.70. The lowest BCUT2D eigenvalue weighted by Crippen LogP contribution is -2.05. The predicted octanol–water partition coefficient (Wildman–Crippen LogP) is 3.96. The molecule has 1 aromatic carbocycles. The highest BCUT2D eigenvalue weighted by molar-refractivity contribution is 9.10. The highest BCUT2D eigenvalue weighted by Gasteiger charge is 2.30. The summed E-state index contributed by atoms with van der Waals surface area (Å²) in [5, 5.41) is 4.51. The van der Waals surface area contributed by atoms with Gasteiger partial charge < -0.3 is 5.73 Å². The van der Waals surface area contributed by atoms with Crippen LogP contribution in [-0.2, 0) is 0 Å². The molecule has 1 aliphatic carbocycles. The van der Waals surface area contributed by atoms with Gasteiger partial charge in [-0.2, -0.15) is 5.10 Å². The average Bonchev–Trinajstić information content (AvgIpc) is 3.22. The van der Waals surface area contributed by atoms with Crippen LogP contribution in [0.1, 0.15) is 49.3 Å². The minimum atomic E-state index is 0.515. The van der Waals surface area contributed by atoms with Crippen molar-refractivity contribution < 1.29 is 0 Å². The van der Waals surface area contributed by atoms with Crippen molar-refractivity contribution in [3.63, 3.8) is 0 Å². The average molecular weight is 334 g/mol. The third-order valence-electron chi connectivity index (χ3n) is 4.03. The monoisotopic (exact) mass is 333 g/mol. The maximum Gasteiger partial charge on any atom is 0.0649 e. The van der Waals surface area contributed by atoms with Crippen molar-refractivity contribution in [1.82, 2.24) is 9.78 Å². The molecule has 0 amide bonds. The molecule has 0 aliphatic heterocycles. The van der Waals surface area contributed by atoms with E-state index in [9.17, 15) is 0 Å². The summed E-state index contributed by atoms with van der Waals surface area (Å²) in [5.41, 5.74) is 9.43. The van der Waals surface area contributed by atoms with E-state index in [0.29, 0.717) is 11.8 Å². The highest BCUT2D eigenvalue weighted by Crippen LogP contribution is 2.43. The van der Waals surface area contributed by atoms with Crippen LogP contribution in [0, 0.1) is 0 Å². The maximum absolute atomic E-state index is 5.63. The molecule has 2 aromatic rings. The standard InChI is InChI=1S/C16H20BrN3/c1-11(8-9-18)12-4-6-14(7-5-12)20-16(13-2-3-13)15(17)10-19-20/h4-7,10-11,13H,2-3,8-9,18H2,1H3. The van der Waals surface area contributed by atoms with Crippen molar-refractivity contribution in [2.45, 2.75) is 38.0 Å². The molecule has 20 heavy (non-hydrogen) atoms. The summed E-state index contributed by atoms with van der Waals surface area (Å²) >= 11 is 3.62. The fraction of sp³-hybridized carbons (Fsp3) is 0.438. The summed E-state index contributed by atoms with van der Waals surface area (Å²) < 4.78 is 3.19. The van der Waals surface area contributed by atoms with Crippen LogP contribution in [0.2, 0.25) is 0 Å². The van der Waals surface area contributed by atoms with Crippen LogP contribution in [0.4, 0.5) is 0 Å². The summed E-state index contributed by atoms with van der Waals surface area (Å²) in [4.78, 5) is 0. The van der Waals surface area contributed by atoms with Crippen LogP contribution in [-0.4, -0.2) is 16.3 Å². The lowest BCUT2D eigenvalue weighted by Gasteiger charge is -2.12. The van der Waals surface area contributed by atoms with Crippen molar-refractivity contribution in [2.24, 2.45) is 5.73 Å². The van der Waals surface area contributed by atoms with Gasteiger partial charge in [0.05, 0.1) is 22.1 Å². The van der Waals surface area contributed by atoms with Crippen LogP contribution in [0.3, 0.4) is 0 Å².